The number of hydrogen-bond donors (Lipinski definition) is 0. The first-order valence-corrected chi connectivity index (χ1v) is 11.4. The smallest absolute Gasteiger partial charge is 0.419 e. The summed E-state index contributed by atoms with van der Waals surface area (Å²) in [4.78, 5) is 0. The van der Waals surface area contributed by atoms with E-state index in [9.17, 15) is 13.2 Å². The minimum absolute atomic E-state index is 0.149. The molecule has 1 aliphatic rings. The molecule has 0 atom stereocenters. The molecule has 2 aromatic rings. The highest BCUT2D eigenvalue weighted by atomic mass is 19.4. The van der Waals surface area contributed by atoms with Gasteiger partial charge in [-0.15, -0.1) is 0 Å². The standard InChI is InChI=1S/C26H33F3O5/c1-25(2)33-16-19(17-34-25)8-7-18-9-12-23(22(14-18)26(27,28)29)32-13-5-6-20-10-11-21(30-3)15-24(20)31-4/h9-12,14-15,19H,5-8,13,16-17H2,1-4H3. The molecule has 188 valence electrons. The molecule has 1 heterocycles. The second-order valence-corrected chi connectivity index (χ2v) is 8.88. The molecular weight excluding hydrogens is 449 g/mol. The SMILES string of the molecule is COc1ccc(CCCOc2ccc(CCC3COC(C)(C)OC3)cc2C(F)(F)F)c(OC)c1. The highest BCUT2D eigenvalue weighted by Gasteiger charge is 2.35. The zero-order valence-corrected chi connectivity index (χ0v) is 20.2. The highest BCUT2D eigenvalue weighted by molar-refractivity contribution is 5.41. The topological polar surface area (TPSA) is 46.2 Å². The maximum atomic E-state index is 13.7. The van der Waals surface area contributed by atoms with E-state index in [1.165, 1.54) is 12.1 Å². The summed E-state index contributed by atoms with van der Waals surface area (Å²) < 4.78 is 68.5. The average molecular weight is 483 g/mol. The van der Waals surface area contributed by atoms with Crippen molar-refractivity contribution in [3.8, 4) is 17.2 Å². The van der Waals surface area contributed by atoms with E-state index < -0.39 is 17.5 Å². The Bertz CT molecular complexity index is 933. The fraction of sp³-hybridized carbons (Fsp3) is 0.538. The molecule has 0 bridgehead atoms. The predicted octanol–water partition coefficient (Wildman–Crippen LogP) is 6.07. The molecule has 8 heteroatoms. The summed E-state index contributed by atoms with van der Waals surface area (Å²) >= 11 is 0. The van der Waals surface area contributed by atoms with E-state index in [2.05, 4.69) is 0 Å². The molecule has 2 aromatic carbocycles. The first-order valence-electron chi connectivity index (χ1n) is 11.4. The zero-order chi connectivity index (χ0) is 24.8. The fourth-order valence-electron chi connectivity index (χ4n) is 3.85. The van der Waals surface area contributed by atoms with Crippen LogP contribution in [0.25, 0.3) is 0 Å². The first kappa shape index (κ1) is 26.2. The molecule has 1 aliphatic heterocycles. The summed E-state index contributed by atoms with van der Waals surface area (Å²) in [5, 5.41) is 0. The number of rotatable bonds is 10. The van der Waals surface area contributed by atoms with Crippen molar-refractivity contribution < 1.29 is 36.9 Å². The number of alkyl halides is 3. The van der Waals surface area contributed by atoms with Crippen LogP contribution in [0.15, 0.2) is 36.4 Å². The number of benzene rings is 2. The van der Waals surface area contributed by atoms with Gasteiger partial charge in [-0.3, -0.25) is 0 Å². The summed E-state index contributed by atoms with van der Waals surface area (Å²) in [6.07, 6.45) is -2.14. The Kier molecular flexibility index (Phi) is 8.71. The molecule has 0 aromatic heterocycles. The van der Waals surface area contributed by atoms with Crippen molar-refractivity contribution in [2.45, 2.75) is 51.5 Å². The lowest BCUT2D eigenvalue weighted by molar-refractivity contribution is -0.262. The Hall–Kier alpha value is -2.45. The minimum Gasteiger partial charge on any atom is -0.497 e. The normalized spacial score (nSPS) is 16.3. The minimum atomic E-state index is -4.49. The van der Waals surface area contributed by atoms with Crippen molar-refractivity contribution in [1.29, 1.82) is 0 Å². The molecule has 1 fully saturated rings. The largest absolute Gasteiger partial charge is 0.497 e. The molecule has 0 radical (unpaired) electrons. The second kappa shape index (κ2) is 11.3. The Morgan fingerprint density at radius 1 is 0.941 bits per heavy atom. The molecule has 0 saturated carbocycles. The molecule has 0 spiro atoms. The van der Waals surface area contributed by atoms with Crippen molar-refractivity contribution in [3.63, 3.8) is 0 Å². The Morgan fingerprint density at radius 3 is 2.32 bits per heavy atom. The molecule has 0 N–H and O–H groups in total. The third-order valence-electron chi connectivity index (χ3n) is 5.87. The van der Waals surface area contributed by atoms with Crippen molar-refractivity contribution in [2.24, 2.45) is 5.92 Å². The molecular formula is C26H33F3O5. The summed E-state index contributed by atoms with van der Waals surface area (Å²) in [6, 6.07) is 9.80. The third-order valence-corrected chi connectivity index (χ3v) is 5.87. The molecule has 0 aliphatic carbocycles. The van der Waals surface area contributed by atoms with Crippen LogP contribution in [0.1, 0.15) is 43.4 Å². The van der Waals surface area contributed by atoms with E-state index >= 15 is 0 Å². The van der Waals surface area contributed by atoms with Crippen LogP contribution in [-0.2, 0) is 28.5 Å². The van der Waals surface area contributed by atoms with Crippen LogP contribution in [0.2, 0.25) is 0 Å². The van der Waals surface area contributed by atoms with Crippen LogP contribution < -0.4 is 14.2 Å². The monoisotopic (exact) mass is 482 g/mol. The lowest BCUT2D eigenvalue weighted by atomic mass is 9.98. The molecule has 1 saturated heterocycles. The van der Waals surface area contributed by atoms with Crippen molar-refractivity contribution >= 4 is 0 Å². The van der Waals surface area contributed by atoms with E-state index in [-0.39, 0.29) is 18.3 Å². The van der Waals surface area contributed by atoms with E-state index in [1.807, 2.05) is 26.0 Å². The maximum Gasteiger partial charge on any atom is 0.419 e. The van der Waals surface area contributed by atoms with Crippen molar-refractivity contribution in [2.75, 3.05) is 34.0 Å². The van der Waals surface area contributed by atoms with Gasteiger partial charge in [0, 0.05) is 12.0 Å². The van der Waals surface area contributed by atoms with Gasteiger partial charge in [-0.1, -0.05) is 12.1 Å². The Labute approximate surface area is 199 Å². The van der Waals surface area contributed by atoms with E-state index in [0.717, 1.165) is 5.56 Å². The molecule has 3 rings (SSSR count). The van der Waals surface area contributed by atoms with Crippen LogP contribution in [0.3, 0.4) is 0 Å². The molecule has 5 nitrogen and oxygen atoms in total. The average Bonchev–Trinajstić information content (AvgIpc) is 2.81. The van der Waals surface area contributed by atoms with Gasteiger partial charge in [0.15, 0.2) is 5.79 Å². The lowest BCUT2D eigenvalue weighted by Crippen LogP contribution is -2.39. The fourth-order valence-corrected chi connectivity index (χ4v) is 3.85. The molecule has 0 amide bonds. The van der Waals surface area contributed by atoms with Crippen LogP contribution >= 0.6 is 0 Å². The van der Waals surface area contributed by atoms with E-state index in [0.29, 0.717) is 56.0 Å². The zero-order valence-electron chi connectivity index (χ0n) is 20.2. The Balaban J connectivity index is 1.57. The third kappa shape index (κ3) is 7.27. The van der Waals surface area contributed by atoms with Gasteiger partial charge < -0.3 is 23.7 Å². The number of methoxy groups -OCH3 is 2. The first-order chi connectivity index (χ1) is 16.1. The lowest BCUT2D eigenvalue weighted by Gasteiger charge is -2.35. The van der Waals surface area contributed by atoms with Gasteiger partial charge in [0.05, 0.1) is 39.6 Å². The Morgan fingerprint density at radius 2 is 1.68 bits per heavy atom. The van der Waals surface area contributed by atoms with Crippen molar-refractivity contribution in [3.05, 3.63) is 53.1 Å². The van der Waals surface area contributed by atoms with Gasteiger partial charge in [0.1, 0.15) is 17.2 Å². The van der Waals surface area contributed by atoms with Gasteiger partial charge in [-0.25, -0.2) is 0 Å². The highest BCUT2D eigenvalue weighted by Crippen LogP contribution is 2.37. The van der Waals surface area contributed by atoms with Gasteiger partial charge in [-0.05, 0) is 68.9 Å². The number of ether oxygens (including phenoxy) is 5. The van der Waals surface area contributed by atoms with Crippen LogP contribution in [0.4, 0.5) is 13.2 Å². The van der Waals surface area contributed by atoms with E-state index in [1.54, 1.807) is 26.4 Å². The second-order valence-electron chi connectivity index (χ2n) is 8.88. The van der Waals surface area contributed by atoms with Crippen LogP contribution in [0, 0.1) is 5.92 Å². The quantitative estimate of drug-likeness (QED) is 0.385. The van der Waals surface area contributed by atoms with Gasteiger partial charge in [-0.2, -0.15) is 13.2 Å². The summed E-state index contributed by atoms with van der Waals surface area (Å²) in [6.45, 7) is 4.94. The molecule has 34 heavy (non-hydrogen) atoms. The van der Waals surface area contributed by atoms with Gasteiger partial charge >= 0.3 is 6.18 Å². The number of hydrogen-bond acceptors (Lipinski definition) is 5. The predicted molar refractivity (Wildman–Crippen MR) is 123 cm³/mol. The van der Waals surface area contributed by atoms with Gasteiger partial charge in [0.2, 0.25) is 0 Å². The summed E-state index contributed by atoms with van der Waals surface area (Å²) in [5.41, 5.74) is 0.814. The summed E-state index contributed by atoms with van der Waals surface area (Å²) in [5.74, 6) is 0.769. The number of halogens is 3. The van der Waals surface area contributed by atoms with E-state index in [4.69, 9.17) is 23.7 Å². The molecule has 0 unspecified atom stereocenters. The van der Waals surface area contributed by atoms with Gasteiger partial charge in [0.25, 0.3) is 0 Å². The van der Waals surface area contributed by atoms with Crippen LogP contribution in [0.5, 0.6) is 17.2 Å². The number of aryl methyl sites for hydroxylation is 2. The van der Waals surface area contributed by atoms with Crippen LogP contribution in [-0.4, -0.2) is 39.8 Å². The summed E-state index contributed by atoms with van der Waals surface area (Å²) in [7, 11) is 3.15. The maximum absolute atomic E-state index is 13.7. The van der Waals surface area contributed by atoms with Crippen molar-refractivity contribution in [1.82, 2.24) is 0 Å².